The molecule has 0 aliphatic carbocycles. The van der Waals surface area contributed by atoms with Crippen LogP contribution in [0.4, 0.5) is 17.2 Å². The maximum atomic E-state index is 12.4. The van der Waals surface area contributed by atoms with Crippen molar-refractivity contribution in [3.63, 3.8) is 0 Å². The zero-order valence-corrected chi connectivity index (χ0v) is 13.0. The number of hydrogen-bond donors (Lipinski definition) is 1. The summed E-state index contributed by atoms with van der Waals surface area (Å²) in [6.07, 6.45) is 0.374. The molecule has 10 nitrogen and oxygen atoms in total. The predicted molar refractivity (Wildman–Crippen MR) is 84.7 cm³/mol. The van der Waals surface area contributed by atoms with E-state index in [0.717, 1.165) is 0 Å². The summed E-state index contributed by atoms with van der Waals surface area (Å²) in [5, 5.41) is 27.9. The van der Waals surface area contributed by atoms with Crippen LogP contribution in [0, 0.1) is 27.2 Å². The molecule has 0 radical (unpaired) electrons. The van der Waals surface area contributed by atoms with E-state index < -0.39 is 21.8 Å². The molecule has 2 aromatic rings. The molecule has 1 unspecified atom stereocenters. The average Bonchev–Trinajstić information content (AvgIpc) is 2.91. The first kappa shape index (κ1) is 17.1. The molecular formula is C14H15N5O5. The largest absolute Gasteiger partial charge is 0.390 e. The van der Waals surface area contributed by atoms with Gasteiger partial charge in [-0.25, -0.2) is 0 Å². The van der Waals surface area contributed by atoms with Crippen molar-refractivity contribution in [2.45, 2.75) is 26.3 Å². The number of carbonyl (C=O) groups excluding carboxylic acids is 1. The van der Waals surface area contributed by atoms with Gasteiger partial charge >= 0.3 is 5.82 Å². The molecule has 1 atom stereocenters. The lowest BCUT2D eigenvalue weighted by molar-refractivity contribution is -0.389. The zero-order chi connectivity index (χ0) is 17.9. The molecule has 0 fully saturated rings. The lowest BCUT2D eigenvalue weighted by Gasteiger charge is -2.14. The molecule has 24 heavy (non-hydrogen) atoms. The number of anilines is 1. The molecule has 2 rings (SSSR count). The van der Waals surface area contributed by atoms with Crippen LogP contribution in [0.15, 0.2) is 30.3 Å². The molecule has 0 aliphatic rings. The summed E-state index contributed by atoms with van der Waals surface area (Å²) in [5.74, 6) is -0.735. The second kappa shape index (κ2) is 6.86. The molecule has 1 aromatic carbocycles. The van der Waals surface area contributed by atoms with Crippen molar-refractivity contribution in [2.24, 2.45) is 0 Å². The summed E-state index contributed by atoms with van der Waals surface area (Å²) in [7, 11) is 0. The Balaban J connectivity index is 2.19. The van der Waals surface area contributed by atoms with Crippen molar-refractivity contribution in [3.8, 4) is 0 Å². The maximum Gasteiger partial charge on any atom is 0.390 e. The summed E-state index contributed by atoms with van der Waals surface area (Å²) in [6.45, 7) is 3.38. The molecular weight excluding hydrogens is 318 g/mol. The Morgan fingerprint density at radius 2 is 1.88 bits per heavy atom. The zero-order valence-electron chi connectivity index (χ0n) is 13.0. The summed E-state index contributed by atoms with van der Waals surface area (Å²) in [4.78, 5) is 32.7. The normalized spacial score (nSPS) is 11.8. The van der Waals surface area contributed by atoms with Gasteiger partial charge in [-0.1, -0.05) is 6.92 Å². The lowest BCUT2D eigenvalue weighted by atomic mass is 10.2. The fraction of sp³-hybridized carbons (Fsp3) is 0.286. The number of nitro benzene ring substituents is 1. The third-order valence-corrected chi connectivity index (χ3v) is 3.43. The van der Waals surface area contributed by atoms with Gasteiger partial charge < -0.3 is 15.4 Å². The van der Waals surface area contributed by atoms with Crippen LogP contribution in [-0.4, -0.2) is 25.5 Å². The highest BCUT2D eigenvalue weighted by Gasteiger charge is 2.27. The minimum atomic E-state index is -0.728. The van der Waals surface area contributed by atoms with Gasteiger partial charge in [0.1, 0.15) is 0 Å². The highest BCUT2D eigenvalue weighted by Crippen LogP contribution is 2.21. The van der Waals surface area contributed by atoms with E-state index in [-0.39, 0.29) is 11.5 Å². The number of benzene rings is 1. The smallest absolute Gasteiger partial charge is 0.358 e. The van der Waals surface area contributed by atoms with Gasteiger partial charge in [-0.2, -0.15) is 4.68 Å². The summed E-state index contributed by atoms with van der Waals surface area (Å²) in [6, 6.07) is 5.96. The van der Waals surface area contributed by atoms with Crippen LogP contribution >= 0.6 is 0 Å². The van der Waals surface area contributed by atoms with Crippen LogP contribution in [0.5, 0.6) is 0 Å². The fourth-order valence-electron chi connectivity index (χ4n) is 2.24. The molecule has 0 saturated carbocycles. The monoisotopic (exact) mass is 333 g/mol. The predicted octanol–water partition coefficient (Wildman–Crippen LogP) is 2.60. The Hall–Kier alpha value is -3.30. The van der Waals surface area contributed by atoms with E-state index in [2.05, 4.69) is 10.4 Å². The Kier molecular flexibility index (Phi) is 4.87. The van der Waals surface area contributed by atoms with Crippen LogP contribution in [-0.2, 0) is 4.79 Å². The van der Waals surface area contributed by atoms with E-state index in [1.165, 1.54) is 35.0 Å². The maximum absolute atomic E-state index is 12.4. The number of nitrogens with one attached hydrogen (secondary N) is 1. The Labute approximate surface area is 136 Å². The molecule has 0 saturated heterocycles. The molecule has 0 spiro atoms. The molecule has 10 heteroatoms. The number of non-ortho nitro benzene ring substituents is 1. The molecule has 1 aromatic heterocycles. The number of hydrogen-bond acceptors (Lipinski definition) is 6. The Morgan fingerprint density at radius 3 is 2.33 bits per heavy atom. The summed E-state index contributed by atoms with van der Waals surface area (Å²) in [5.41, 5.74) is 0.800. The van der Waals surface area contributed by atoms with Crippen molar-refractivity contribution in [1.82, 2.24) is 9.78 Å². The first-order chi connectivity index (χ1) is 11.3. The fourth-order valence-corrected chi connectivity index (χ4v) is 2.24. The molecule has 1 heterocycles. The van der Waals surface area contributed by atoms with Gasteiger partial charge in [0, 0.05) is 17.8 Å². The molecule has 0 aliphatic heterocycles. The number of carbonyl (C=O) groups is 1. The Bertz CT molecular complexity index is 783. The number of nitrogens with zero attached hydrogens (tertiary/aromatic N) is 4. The topological polar surface area (TPSA) is 133 Å². The number of rotatable bonds is 6. The van der Waals surface area contributed by atoms with Gasteiger partial charge in [0.25, 0.3) is 11.6 Å². The van der Waals surface area contributed by atoms with Crippen molar-refractivity contribution in [3.05, 3.63) is 56.3 Å². The average molecular weight is 333 g/mol. The SMILES string of the molecule is CCC(C(=O)Nc1ccc([N+](=O)[O-])cc1)n1nc([N+](=O)[O-])cc1C. The quantitative estimate of drug-likeness (QED) is 0.638. The number of nitro groups is 2. The van der Waals surface area contributed by atoms with Crippen molar-refractivity contribution in [1.29, 1.82) is 0 Å². The van der Waals surface area contributed by atoms with E-state index in [1.807, 2.05) is 0 Å². The standard InChI is InChI=1S/C14H15N5O5/c1-3-12(17-9(2)8-13(16-17)19(23)24)14(20)15-10-4-6-11(7-5-10)18(21)22/h4-8,12H,3H2,1-2H3,(H,15,20). The number of aromatic nitrogens is 2. The third kappa shape index (κ3) is 3.54. The van der Waals surface area contributed by atoms with E-state index in [9.17, 15) is 25.0 Å². The van der Waals surface area contributed by atoms with Crippen LogP contribution in [0.1, 0.15) is 25.1 Å². The third-order valence-electron chi connectivity index (χ3n) is 3.43. The van der Waals surface area contributed by atoms with Gasteiger partial charge in [0.05, 0.1) is 21.8 Å². The molecule has 1 amide bonds. The van der Waals surface area contributed by atoms with Gasteiger partial charge in [-0.05, 0) is 30.4 Å². The van der Waals surface area contributed by atoms with Crippen LogP contribution < -0.4 is 5.32 Å². The van der Waals surface area contributed by atoms with Crippen LogP contribution in [0.2, 0.25) is 0 Å². The number of amides is 1. The van der Waals surface area contributed by atoms with E-state index in [1.54, 1.807) is 13.8 Å². The Morgan fingerprint density at radius 1 is 1.25 bits per heavy atom. The first-order valence-electron chi connectivity index (χ1n) is 7.09. The highest BCUT2D eigenvalue weighted by atomic mass is 16.6. The van der Waals surface area contributed by atoms with Crippen molar-refractivity contribution in [2.75, 3.05) is 5.32 Å². The van der Waals surface area contributed by atoms with Crippen LogP contribution in [0.3, 0.4) is 0 Å². The molecule has 0 bridgehead atoms. The summed E-state index contributed by atoms with van der Waals surface area (Å²) < 4.78 is 1.30. The molecule has 126 valence electrons. The van der Waals surface area contributed by atoms with E-state index >= 15 is 0 Å². The minimum absolute atomic E-state index is 0.0846. The van der Waals surface area contributed by atoms with Crippen LogP contribution in [0.25, 0.3) is 0 Å². The van der Waals surface area contributed by atoms with Crippen molar-refractivity contribution < 1.29 is 14.6 Å². The van der Waals surface area contributed by atoms with Gasteiger partial charge in [0.15, 0.2) is 6.04 Å². The summed E-state index contributed by atoms with van der Waals surface area (Å²) >= 11 is 0. The van der Waals surface area contributed by atoms with Gasteiger partial charge in [-0.15, -0.1) is 0 Å². The van der Waals surface area contributed by atoms with Gasteiger partial charge in [-0.3, -0.25) is 14.9 Å². The highest BCUT2D eigenvalue weighted by molar-refractivity contribution is 5.93. The first-order valence-corrected chi connectivity index (χ1v) is 7.09. The van der Waals surface area contributed by atoms with E-state index in [4.69, 9.17) is 0 Å². The second-order valence-corrected chi connectivity index (χ2v) is 5.06. The van der Waals surface area contributed by atoms with E-state index in [0.29, 0.717) is 17.8 Å². The number of aryl methyl sites for hydroxylation is 1. The van der Waals surface area contributed by atoms with Gasteiger partial charge in [0.2, 0.25) is 0 Å². The molecule has 1 N–H and O–H groups in total. The minimum Gasteiger partial charge on any atom is -0.358 e. The lowest BCUT2D eigenvalue weighted by Crippen LogP contribution is -2.27. The second-order valence-electron chi connectivity index (χ2n) is 5.06. The van der Waals surface area contributed by atoms with Crippen molar-refractivity contribution >= 4 is 23.1 Å².